The molecular formula is C14H21BrO2. The summed E-state index contributed by atoms with van der Waals surface area (Å²) in [5, 5.41) is 20.3. The van der Waals surface area contributed by atoms with Gasteiger partial charge in [-0.25, -0.2) is 0 Å². The third kappa shape index (κ3) is 4.78. The lowest BCUT2D eigenvalue weighted by atomic mass is 10.00. The summed E-state index contributed by atoms with van der Waals surface area (Å²) in [5.41, 5.74) is 2.08. The van der Waals surface area contributed by atoms with Crippen molar-refractivity contribution in [3.05, 3.63) is 35.4 Å². The van der Waals surface area contributed by atoms with Crippen molar-refractivity contribution in [2.45, 2.75) is 44.8 Å². The molecule has 2 atom stereocenters. The molecule has 3 heteroatoms. The van der Waals surface area contributed by atoms with E-state index in [2.05, 4.69) is 22.9 Å². The molecule has 2 N–H and O–H groups in total. The SMILES string of the molecule is CCCCc1ccc(C(O)C(O)CCBr)cc1. The number of hydrogen-bond acceptors (Lipinski definition) is 2. The highest BCUT2D eigenvalue weighted by molar-refractivity contribution is 9.09. The van der Waals surface area contributed by atoms with Crippen molar-refractivity contribution in [1.82, 2.24) is 0 Å². The second kappa shape index (κ2) is 7.85. The fourth-order valence-corrected chi connectivity index (χ4v) is 2.22. The van der Waals surface area contributed by atoms with E-state index in [-0.39, 0.29) is 0 Å². The van der Waals surface area contributed by atoms with E-state index < -0.39 is 12.2 Å². The summed E-state index contributed by atoms with van der Waals surface area (Å²) in [7, 11) is 0. The summed E-state index contributed by atoms with van der Waals surface area (Å²) in [5.74, 6) is 0. The molecule has 0 fully saturated rings. The quantitative estimate of drug-likeness (QED) is 0.759. The molecular weight excluding hydrogens is 280 g/mol. The second-order valence-electron chi connectivity index (χ2n) is 4.33. The first-order chi connectivity index (χ1) is 8.19. The molecule has 1 aromatic carbocycles. The Morgan fingerprint density at radius 3 is 2.35 bits per heavy atom. The first-order valence-corrected chi connectivity index (χ1v) is 7.32. The average molecular weight is 301 g/mol. The van der Waals surface area contributed by atoms with Gasteiger partial charge in [0.2, 0.25) is 0 Å². The van der Waals surface area contributed by atoms with Crippen LogP contribution in [0.25, 0.3) is 0 Å². The van der Waals surface area contributed by atoms with E-state index >= 15 is 0 Å². The summed E-state index contributed by atoms with van der Waals surface area (Å²) in [6.07, 6.45) is 2.53. The molecule has 0 saturated heterocycles. The molecule has 0 aliphatic carbocycles. The number of aliphatic hydroxyl groups excluding tert-OH is 2. The molecule has 0 saturated carbocycles. The Morgan fingerprint density at radius 2 is 1.82 bits per heavy atom. The molecule has 0 heterocycles. The van der Waals surface area contributed by atoms with Crippen LogP contribution < -0.4 is 0 Å². The van der Waals surface area contributed by atoms with Crippen LogP contribution in [0.1, 0.15) is 43.4 Å². The van der Waals surface area contributed by atoms with Gasteiger partial charge in [-0.2, -0.15) is 0 Å². The van der Waals surface area contributed by atoms with Gasteiger partial charge >= 0.3 is 0 Å². The van der Waals surface area contributed by atoms with Gasteiger partial charge < -0.3 is 10.2 Å². The lowest BCUT2D eigenvalue weighted by Gasteiger charge is -2.17. The Kier molecular flexibility index (Phi) is 6.78. The largest absolute Gasteiger partial charge is 0.390 e. The topological polar surface area (TPSA) is 40.5 Å². The van der Waals surface area contributed by atoms with Crippen molar-refractivity contribution >= 4 is 15.9 Å². The summed E-state index contributed by atoms with van der Waals surface area (Å²) in [4.78, 5) is 0. The van der Waals surface area contributed by atoms with Crippen molar-refractivity contribution in [2.24, 2.45) is 0 Å². The molecule has 0 bridgehead atoms. The number of rotatable bonds is 7. The molecule has 0 aliphatic rings. The first-order valence-electron chi connectivity index (χ1n) is 6.20. The predicted molar refractivity (Wildman–Crippen MR) is 74.4 cm³/mol. The minimum Gasteiger partial charge on any atom is -0.390 e. The minimum atomic E-state index is -0.784. The van der Waals surface area contributed by atoms with E-state index in [4.69, 9.17) is 0 Å². The lowest BCUT2D eigenvalue weighted by molar-refractivity contribution is 0.0173. The monoisotopic (exact) mass is 300 g/mol. The van der Waals surface area contributed by atoms with Crippen molar-refractivity contribution < 1.29 is 10.2 Å². The zero-order valence-corrected chi connectivity index (χ0v) is 11.9. The standard InChI is InChI=1S/C14H21BrO2/c1-2-3-4-11-5-7-12(8-6-11)14(17)13(16)9-10-15/h5-8,13-14,16-17H,2-4,9-10H2,1H3. The van der Waals surface area contributed by atoms with Crippen LogP contribution in [-0.2, 0) is 6.42 Å². The minimum absolute atomic E-state index is 0.554. The molecule has 2 unspecified atom stereocenters. The molecule has 2 nitrogen and oxygen atoms in total. The Labute approximate surface area is 112 Å². The van der Waals surface area contributed by atoms with Gasteiger partial charge in [-0.1, -0.05) is 53.5 Å². The van der Waals surface area contributed by atoms with E-state index in [1.54, 1.807) is 0 Å². The Bertz CT molecular complexity index is 311. The Hall–Kier alpha value is -0.380. The molecule has 17 heavy (non-hydrogen) atoms. The number of unbranched alkanes of at least 4 members (excludes halogenated alkanes) is 1. The van der Waals surface area contributed by atoms with Crippen LogP contribution in [0.15, 0.2) is 24.3 Å². The fourth-order valence-electron chi connectivity index (χ4n) is 1.75. The summed E-state index contributed by atoms with van der Waals surface area (Å²) >= 11 is 3.26. The van der Waals surface area contributed by atoms with Crippen molar-refractivity contribution in [1.29, 1.82) is 0 Å². The number of aliphatic hydroxyl groups is 2. The number of alkyl halides is 1. The highest BCUT2D eigenvalue weighted by Gasteiger charge is 2.17. The van der Waals surface area contributed by atoms with Crippen LogP contribution in [0, 0.1) is 0 Å². The third-order valence-corrected chi connectivity index (χ3v) is 3.37. The highest BCUT2D eigenvalue weighted by Crippen LogP contribution is 2.20. The number of benzene rings is 1. The fraction of sp³-hybridized carbons (Fsp3) is 0.571. The lowest BCUT2D eigenvalue weighted by Crippen LogP contribution is -2.18. The average Bonchev–Trinajstić information content (AvgIpc) is 2.36. The van der Waals surface area contributed by atoms with Crippen LogP contribution in [-0.4, -0.2) is 21.6 Å². The van der Waals surface area contributed by atoms with Gasteiger partial charge in [0.15, 0.2) is 0 Å². The summed E-state index contributed by atoms with van der Waals surface area (Å²) in [6, 6.07) is 7.89. The van der Waals surface area contributed by atoms with Crippen LogP contribution in [0.4, 0.5) is 0 Å². The summed E-state index contributed by atoms with van der Waals surface area (Å²) in [6.45, 7) is 2.18. The summed E-state index contributed by atoms with van der Waals surface area (Å²) < 4.78 is 0. The zero-order chi connectivity index (χ0) is 12.7. The number of hydrogen-bond donors (Lipinski definition) is 2. The highest BCUT2D eigenvalue weighted by atomic mass is 79.9. The van der Waals surface area contributed by atoms with E-state index in [9.17, 15) is 10.2 Å². The molecule has 0 amide bonds. The van der Waals surface area contributed by atoms with Gasteiger partial charge in [0.1, 0.15) is 6.10 Å². The van der Waals surface area contributed by atoms with Gasteiger partial charge in [-0.15, -0.1) is 0 Å². The molecule has 0 radical (unpaired) electrons. The van der Waals surface area contributed by atoms with Gasteiger partial charge in [-0.3, -0.25) is 0 Å². The maximum Gasteiger partial charge on any atom is 0.105 e. The third-order valence-electron chi connectivity index (χ3n) is 2.91. The maximum absolute atomic E-state index is 9.92. The van der Waals surface area contributed by atoms with Crippen LogP contribution in [0.2, 0.25) is 0 Å². The molecule has 1 rings (SSSR count). The molecule has 0 aromatic heterocycles. The predicted octanol–water partition coefficient (Wildman–Crippen LogP) is 3.21. The molecule has 1 aromatic rings. The van der Waals surface area contributed by atoms with Crippen LogP contribution in [0.5, 0.6) is 0 Å². The van der Waals surface area contributed by atoms with Crippen LogP contribution in [0.3, 0.4) is 0 Å². The molecule has 0 aliphatic heterocycles. The van der Waals surface area contributed by atoms with E-state index in [1.165, 1.54) is 18.4 Å². The number of aryl methyl sites for hydroxylation is 1. The number of halogens is 1. The van der Waals surface area contributed by atoms with Gasteiger partial charge in [0.05, 0.1) is 6.10 Å². The molecule has 0 spiro atoms. The van der Waals surface area contributed by atoms with Crippen molar-refractivity contribution in [2.75, 3.05) is 5.33 Å². The van der Waals surface area contributed by atoms with E-state index in [0.29, 0.717) is 11.8 Å². The zero-order valence-electron chi connectivity index (χ0n) is 10.3. The second-order valence-corrected chi connectivity index (χ2v) is 5.13. The van der Waals surface area contributed by atoms with Crippen LogP contribution >= 0.6 is 15.9 Å². The van der Waals surface area contributed by atoms with Crippen molar-refractivity contribution in [3.8, 4) is 0 Å². The van der Waals surface area contributed by atoms with Gasteiger partial charge in [-0.05, 0) is 30.4 Å². The van der Waals surface area contributed by atoms with Gasteiger partial charge in [0, 0.05) is 5.33 Å². The Morgan fingerprint density at radius 1 is 1.18 bits per heavy atom. The normalized spacial score (nSPS) is 14.6. The molecule has 96 valence electrons. The first kappa shape index (κ1) is 14.7. The van der Waals surface area contributed by atoms with Gasteiger partial charge in [0.25, 0.3) is 0 Å². The smallest absolute Gasteiger partial charge is 0.105 e. The Balaban J connectivity index is 2.60. The van der Waals surface area contributed by atoms with E-state index in [0.717, 1.165) is 12.0 Å². The van der Waals surface area contributed by atoms with Crippen molar-refractivity contribution in [3.63, 3.8) is 0 Å². The maximum atomic E-state index is 9.92. The van der Waals surface area contributed by atoms with E-state index in [1.807, 2.05) is 24.3 Å².